The third-order valence-electron chi connectivity index (χ3n) is 3.00. The van der Waals surface area contributed by atoms with Crippen LogP contribution in [0.3, 0.4) is 0 Å². The number of para-hydroxylation sites is 1. The van der Waals surface area contributed by atoms with Crippen molar-refractivity contribution in [3.05, 3.63) is 29.8 Å². The summed E-state index contributed by atoms with van der Waals surface area (Å²) in [5.41, 5.74) is 2.44. The van der Waals surface area contributed by atoms with Crippen molar-refractivity contribution in [3.8, 4) is 0 Å². The number of ether oxygens (including phenoxy) is 1. The first-order valence-electron chi connectivity index (χ1n) is 5.12. The highest BCUT2D eigenvalue weighted by molar-refractivity contribution is 5.81. The molecule has 3 heteroatoms. The Morgan fingerprint density at radius 3 is 2.93 bits per heavy atom. The Bertz CT molecular complexity index is 376. The van der Waals surface area contributed by atoms with Crippen molar-refractivity contribution >= 4 is 11.7 Å². The molecule has 0 spiro atoms. The number of likely N-dealkylation sites (N-methyl/N-ethyl adjacent to an activating group) is 1. The first kappa shape index (κ1) is 10.0. The second-order valence-corrected chi connectivity index (χ2v) is 3.82. The molecule has 3 nitrogen and oxygen atoms in total. The molecule has 2 rings (SSSR count). The summed E-state index contributed by atoms with van der Waals surface area (Å²) in [4.78, 5) is 13.5. The van der Waals surface area contributed by atoms with E-state index >= 15 is 0 Å². The highest BCUT2D eigenvalue weighted by Crippen LogP contribution is 2.29. The molecule has 0 aromatic heterocycles. The number of aryl methyl sites for hydroxylation is 1. The van der Waals surface area contributed by atoms with Crippen LogP contribution in [0.25, 0.3) is 0 Å². The van der Waals surface area contributed by atoms with Gasteiger partial charge < -0.3 is 9.64 Å². The first-order chi connectivity index (χ1) is 7.24. The molecule has 0 fully saturated rings. The number of hydrogen-bond donors (Lipinski definition) is 0. The van der Waals surface area contributed by atoms with Gasteiger partial charge in [-0.1, -0.05) is 18.2 Å². The maximum Gasteiger partial charge on any atom is 0.328 e. The summed E-state index contributed by atoms with van der Waals surface area (Å²) in [6, 6.07) is 8.05. The Hall–Kier alpha value is -1.51. The van der Waals surface area contributed by atoms with Crippen LogP contribution >= 0.6 is 0 Å². The van der Waals surface area contributed by atoms with E-state index < -0.39 is 0 Å². The average molecular weight is 205 g/mol. The van der Waals surface area contributed by atoms with Gasteiger partial charge in [0, 0.05) is 12.7 Å². The summed E-state index contributed by atoms with van der Waals surface area (Å²) < 4.78 is 4.79. The molecule has 1 aliphatic rings. The lowest BCUT2D eigenvalue weighted by Gasteiger charge is -2.33. The molecule has 1 atom stereocenters. The number of methoxy groups -OCH3 is 1. The number of esters is 1. The van der Waals surface area contributed by atoms with Crippen LogP contribution in [0.5, 0.6) is 0 Å². The van der Waals surface area contributed by atoms with Crippen LogP contribution in [0.1, 0.15) is 12.0 Å². The molecule has 0 saturated carbocycles. The van der Waals surface area contributed by atoms with Gasteiger partial charge in [0.1, 0.15) is 6.04 Å². The second kappa shape index (κ2) is 3.93. The van der Waals surface area contributed by atoms with Gasteiger partial charge in [-0.05, 0) is 24.5 Å². The predicted octanol–water partition coefficient (Wildman–Crippen LogP) is 1.61. The van der Waals surface area contributed by atoms with E-state index in [9.17, 15) is 4.79 Å². The number of carbonyl (C=O) groups excluding carboxylic acids is 1. The molecule has 1 aliphatic heterocycles. The minimum Gasteiger partial charge on any atom is -0.467 e. The molecule has 1 unspecified atom stereocenters. The van der Waals surface area contributed by atoms with Crippen LogP contribution in [0.4, 0.5) is 5.69 Å². The molecule has 1 aromatic rings. The van der Waals surface area contributed by atoms with Gasteiger partial charge in [0.25, 0.3) is 0 Å². The van der Waals surface area contributed by atoms with Gasteiger partial charge in [-0.2, -0.15) is 0 Å². The SMILES string of the molecule is COC(=O)C1CCc2ccccc2N1C. The van der Waals surface area contributed by atoms with Crippen molar-refractivity contribution in [2.75, 3.05) is 19.1 Å². The highest BCUT2D eigenvalue weighted by Gasteiger charge is 2.29. The Kier molecular flexibility index (Phi) is 2.62. The van der Waals surface area contributed by atoms with Gasteiger partial charge in [-0.25, -0.2) is 4.79 Å². The summed E-state index contributed by atoms with van der Waals surface area (Å²) in [5.74, 6) is -0.146. The lowest BCUT2D eigenvalue weighted by molar-refractivity contribution is -0.142. The van der Waals surface area contributed by atoms with Gasteiger partial charge >= 0.3 is 5.97 Å². The van der Waals surface area contributed by atoms with Crippen molar-refractivity contribution in [3.63, 3.8) is 0 Å². The summed E-state index contributed by atoms with van der Waals surface area (Å²) in [5, 5.41) is 0. The minimum absolute atomic E-state index is 0.134. The second-order valence-electron chi connectivity index (χ2n) is 3.82. The molecular weight excluding hydrogens is 190 g/mol. The van der Waals surface area contributed by atoms with Crippen molar-refractivity contribution in [1.82, 2.24) is 0 Å². The van der Waals surface area contributed by atoms with Crippen LogP contribution < -0.4 is 4.90 Å². The Morgan fingerprint density at radius 2 is 2.20 bits per heavy atom. The molecule has 0 aliphatic carbocycles. The third-order valence-corrected chi connectivity index (χ3v) is 3.00. The standard InChI is InChI=1S/C12H15NO2/c1-13-10-6-4-3-5-9(10)7-8-11(13)12(14)15-2/h3-6,11H,7-8H2,1-2H3. The topological polar surface area (TPSA) is 29.5 Å². The highest BCUT2D eigenvalue weighted by atomic mass is 16.5. The van der Waals surface area contributed by atoms with Gasteiger partial charge in [-0.15, -0.1) is 0 Å². The van der Waals surface area contributed by atoms with E-state index in [0.29, 0.717) is 0 Å². The molecule has 0 N–H and O–H groups in total. The van der Waals surface area contributed by atoms with Crippen molar-refractivity contribution in [2.24, 2.45) is 0 Å². The Balaban J connectivity index is 2.29. The van der Waals surface area contributed by atoms with E-state index in [4.69, 9.17) is 4.74 Å². The molecule has 80 valence electrons. The number of anilines is 1. The van der Waals surface area contributed by atoms with E-state index in [1.807, 2.05) is 30.1 Å². The van der Waals surface area contributed by atoms with E-state index in [0.717, 1.165) is 18.5 Å². The molecule has 0 saturated heterocycles. The van der Waals surface area contributed by atoms with E-state index in [-0.39, 0.29) is 12.0 Å². The maximum absolute atomic E-state index is 11.5. The third kappa shape index (κ3) is 1.69. The molecule has 1 aromatic carbocycles. The smallest absolute Gasteiger partial charge is 0.328 e. The minimum atomic E-state index is -0.146. The molecular formula is C12H15NO2. The molecule has 15 heavy (non-hydrogen) atoms. The largest absolute Gasteiger partial charge is 0.467 e. The normalized spacial score (nSPS) is 19.6. The number of benzene rings is 1. The van der Waals surface area contributed by atoms with Crippen LogP contribution in [0, 0.1) is 0 Å². The van der Waals surface area contributed by atoms with Crippen LogP contribution in [0.2, 0.25) is 0 Å². The lowest BCUT2D eigenvalue weighted by atomic mass is 9.96. The summed E-state index contributed by atoms with van der Waals surface area (Å²) >= 11 is 0. The Labute approximate surface area is 89.7 Å². The quantitative estimate of drug-likeness (QED) is 0.652. The van der Waals surface area contributed by atoms with E-state index in [2.05, 4.69) is 6.07 Å². The number of nitrogens with zero attached hydrogens (tertiary/aromatic N) is 1. The molecule has 0 radical (unpaired) electrons. The summed E-state index contributed by atoms with van der Waals surface area (Å²) in [6.45, 7) is 0. The van der Waals surface area contributed by atoms with Gasteiger partial charge in [0.15, 0.2) is 0 Å². The number of carbonyl (C=O) groups is 1. The van der Waals surface area contributed by atoms with Crippen molar-refractivity contribution in [1.29, 1.82) is 0 Å². The van der Waals surface area contributed by atoms with Crippen molar-refractivity contribution in [2.45, 2.75) is 18.9 Å². The maximum atomic E-state index is 11.5. The number of rotatable bonds is 1. The van der Waals surface area contributed by atoms with Crippen LogP contribution in [-0.2, 0) is 16.0 Å². The first-order valence-corrected chi connectivity index (χ1v) is 5.12. The van der Waals surface area contributed by atoms with Crippen molar-refractivity contribution < 1.29 is 9.53 Å². The number of fused-ring (bicyclic) bond motifs is 1. The molecule has 0 amide bonds. The average Bonchev–Trinajstić information content (AvgIpc) is 2.29. The monoisotopic (exact) mass is 205 g/mol. The predicted molar refractivity (Wildman–Crippen MR) is 59.0 cm³/mol. The number of hydrogen-bond acceptors (Lipinski definition) is 3. The van der Waals surface area contributed by atoms with Crippen LogP contribution in [-0.4, -0.2) is 26.2 Å². The lowest BCUT2D eigenvalue weighted by Crippen LogP contribution is -2.42. The van der Waals surface area contributed by atoms with E-state index in [1.165, 1.54) is 12.7 Å². The fourth-order valence-corrected chi connectivity index (χ4v) is 2.13. The molecule has 1 heterocycles. The summed E-state index contributed by atoms with van der Waals surface area (Å²) in [6.07, 6.45) is 1.78. The zero-order valence-electron chi connectivity index (χ0n) is 9.06. The fourth-order valence-electron chi connectivity index (χ4n) is 2.13. The van der Waals surface area contributed by atoms with E-state index in [1.54, 1.807) is 0 Å². The Morgan fingerprint density at radius 1 is 1.47 bits per heavy atom. The van der Waals surface area contributed by atoms with Gasteiger partial charge in [-0.3, -0.25) is 0 Å². The zero-order valence-corrected chi connectivity index (χ0v) is 9.06. The fraction of sp³-hybridized carbons (Fsp3) is 0.417. The van der Waals surface area contributed by atoms with Gasteiger partial charge in [0.05, 0.1) is 7.11 Å². The zero-order chi connectivity index (χ0) is 10.8. The summed E-state index contributed by atoms with van der Waals surface area (Å²) in [7, 11) is 3.39. The molecule has 0 bridgehead atoms. The van der Waals surface area contributed by atoms with Crippen LogP contribution in [0.15, 0.2) is 24.3 Å². The van der Waals surface area contributed by atoms with Gasteiger partial charge in [0.2, 0.25) is 0 Å².